The molecule has 38 heavy (non-hydrogen) atoms. The largest absolute Gasteiger partial charge is 0.494 e. The molecule has 2 amide bonds. The number of piperazine rings is 1. The number of hydrogen-bond donors (Lipinski definition) is 0. The number of benzene rings is 2. The third-order valence-electron chi connectivity index (χ3n) is 6.62. The van der Waals surface area contributed by atoms with E-state index >= 15 is 0 Å². The molecule has 2 saturated heterocycles. The Kier molecular flexibility index (Phi) is 8.86. The van der Waals surface area contributed by atoms with Gasteiger partial charge in [-0.25, -0.2) is 0 Å². The summed E-state index contributed by atoms with van der Waals surface area (Å²) in [5.74, 6) is -0.230. The van der Waals surface area contributed by atoms with Crippen LogP contribution in [0.1, 0.15) is 27.9 Å². The highest BCUT2D eigenvalue weighted by molar-refractivity contribution is 5.98. The van der Waals surface area contributed by atoms with Crippen LogP contribution in [0.2, 0.25) is 0 Å². The molecule has 0 N–H and O–H groups in total. The van der Waals surface area contributed by atoms with Crippen LogP contribution in [0.25, 0.3) is 0 Å². The van der Waals surface area contributed by atoms with E-state index in [9.17, 15) is 22.8 Å². The van der Waals surface area contributed by atoms with Crippen LogP contribution in [-0.4, -0.2) is 91.6 Å². The fourth-order valence-corrected chi connectivity index (χ4v) is 4.62. The summed E-state index contributed by atoms with van der Waals surface area (Å²) < 4.78 is 50.8. The average Bonchev–Trinajstić information content (AvgIpc) is 2.94. The van der Waals surface area contributed by atoms with Crippen molar-refractivity contribution in [3.63, 3.8) is 0 Å². The van der Waals surface area contributed by atoms with Gasteiger partial charge in [0, 0.05) is 44.8 Å². The quantitative estimate of drug-likeness (QED) is 0.512. The van der Waals surface area contributed by atoms with E-state index in [1.165, 1.54) is 17.0 Å². The van der Waals surface area contributed by atoms with Gasteiger partial charge >= 0.3 is 6.18 Å². The number of nitrogens with zero attached hydrogens (tertiary/aromatic N) is 4. The van der Waals surface area contributed by atoms with Crippen molar-refractivity contribution in [2.45, 2.75) is 18.6 Å². The van der Waals surface area contributed by atoms with Gasteiger partial charge in [0.05, 0.1) is 37.0 Å². The lowest BCUT2D eigenvalue weighted by molar-refractivity contribution is -0.142. The van der Waals surface area contributed by atoms with Gasteiger partial charge in [0.2, 0.25) is 5.91 Å². The summed E-state index contributed by atoms with van der Waals surface area (Å²) >= 11 is 0. The SMILES string of the molecule is N#Cc1cccc(OCCCN2CCN(C(=O)c3cccc(C(F)(F)F)c3)C(C(=O)N3CCOCC3)C2)c1. The van der Waals surface area contributed by atoms with E-state index in [1.807, 2.05) is 0 Å². The van der Waals surface area contributed by atoms with E-state index in [2.05, 4.69) is 11.0 Å². The van der Waals surface area contributed by atoms with E-state index in [0.717, 1.165) is 12.1 Å². The van der Waals surface area contributed by atoms with Crippen LogP contribution < -0.4 is 4.74 Å². The highest BCUT2D eigenvalue weighted by atomic mass is 19.4. The van der Waals surface area contributed by atoms with Crippen molar-refractivity contribution in [1.29, 1.82) is 5.26 Å². The average molecular weight is 531 g/mol. The van der Waals surface area contributed by atoms with E-state index in [-0.39, 0.29) is 24.6 Å². The topological polar surface area (TPSA) is 86.1 Å². The minimum absolute atomic E-state index is 0.0962. The summed E-state index contributed by atoms with van der Waals surface area (Å²) in [5, 5.41) is 9.02. The molecule has 0 aromatic heterocycles. The van der Waals surface area contributed by atoms with Gasteiger partial charge in [0.25, 0.3) is 5.91 Å². The van der Waals surface area contributed by atoms with Gasteiger partial charge in [0.1, 0.15) is 11.8 Å². The smallest absolute Gasteiger partial charge is 0.416 e. The van der Waals surface area contributed by atoms with Crippen molar-refractivity contribution in [3.05, 3.63) is 65.2 Å². The predicted octanol–water partition coefficient (Wildman–Crippen LogP) is 3.03. The van der Waals surface area contributed by atoms with E-state index in [0.29, 0.717) is 63.7 Å². The third kappa shape index (κ3) is 6.82. The van der Waals surface area contributed by atoms with Crippen LogP contribution >= 0.6 is 0 Å². The molecule has 2 aromatic carbocycles. The van der Waals surface area contributed by atoms with Crippen molar-refractivity contribution in [2.75, 3.05) is 59.1 Å². The number of hydrogen-bond acceptors (Lipinski definition) is 6. The molecule has 2 fully saturated rings. The maximum atomic E-state index is 13.5. The van der Waals surface area contributed by atoms with Gasteiger partial charge < -0.3 is 19.3 Å². The highest BCUT2D eigenvalue weighted by Crippen LogP contribution is 2.30. The molecule has 0 saturated carbocycles. The molecule has 0 aliphatic carbocycles. The van der Waals surface area contributed by atoms with Gasteiger partial charge in [-0.2, -0.15) is 18.4 Å². The number of rotatable bonds is 7. The summed E-state index contributed by atoms with van der Waals surface area (Å²) in [6, 6.07) is 12.4. The molecule has 1 atom stereocenters. The zero-order valence-electron chi connectivity index (χ0n) is 20.8. The lowest BCUT2D eigenvalue weighted by Crippen LogP contribution is -2.62. The Hall–Kier alpha value is -3.62. The van der Waals surface area contributed by atoms with Crippen LogP contribution in [0, 0.1) is 11.3 Å². The normalized spacial score (nSPS) is 18.6. The third-order valence-corrected chi connectivity index (χ3v) is 6.62. The standard InChI is InChI=1S/C27H29F3N4O4/c28-27(29,30)22-6-2-5-21(17-22)25(35)34-10-9-32(19-24(34)26(36)33-11-14-37-15-12-33)8-3-13-38-23-7-1-4-20(16-23)18-31/h1-2,4-7,16-17,24H,3,8-15,19H2. The molecule has 11 heteroatoms. The number of ether oxygens (including phenoxy) is 2. The Morgan fingerprint density at radius 2 is 1.82 bits per heavy atom. The number of carbonyl (C=O) groups is 2. The van der Waals surface area contributed by atoms with Gasteiger partial charge in [-0.3, -0.25) is 14.5 Å². The maximum absolute atomic E-state index is 13.5. The lowest BCUT2D eigenvalue weighted by Gasteiger charge is -2.43. The van der Waals surface area contributed by atoms with E-state index in [4.69, 9.17) is 14.7 Å². The van der Waals surface area contributed by atoms with Gasteiger partial charge in [0.15, 0.2) is 0 Å². The van der Waals surface area contributed by atoms with E-state index < -0.39 is 23.7 Å². The van der Waals surface area contributed by atoms with Crippen LogP contribution in [0.4, 0.5) is 13.2 Å². The van der Waals surface area contributed by atoms with Crippen LogP contribution in [0.5, 0.6) is 5.75 Å². The number of morpholine rings is 1. The number of nitriles is 1. The maximum Gasteiger partial charge on any atom is 0.416 e. The first-order valence-corrected chi connectivity index (χ1v) is 12.5. The van der Waals surface area contributed by atoms with E-state index in [1.54, 1.807) is 29.2 Å². The lowest BCUT2D eigenvalue weighted by atomic mass is 10.0. The molecule has 4 rings (SSSR count). The Labute approximate surface area is 219 Å². The number of alkyl halides is 3. The molecule has 2 aromatic rings. The van der Waals surface area contributed by atoms with Crippen molar-refractivity contribution < 1.29 is 32.2 Å². The Morgan fingerprint density at radius 3 is 2.55 bits per heavy atom. The first-order chi connectivity index (χ1) is 18.3. The molecule has 202 valence electrons. The second-order valence-corrected chi connectivity index (χ2v) is 9.17. The van der Waals surface area contributed by atoms with Crippen molar-refractivity contribution in [3.8, 4) is 11.8 Å². The van der Waals surface area contributed by atoms with Gasteiger partial charge in [-0.15, -0.1) is 0 Å². The summed E-state index contributed by atoms with van der Waals surface area (Å²) in [6.07, 6.45) is -3.92. The summed E-state index contributed by atoms with van der Waals surface area (Å²) in [6.45, 7) is 3.55. The van der Waals surface area contributed by atoms with Crippen LogP contribution in [0.15, 0.2) is 48.5 Å². The molecular formula is C27H29F3N4O4. The second kappa shape index (κ2) is 12.3. The first-order valence-electron chi connectivity index (χ1n) is 12.5. The monoisotopic (exact) mass is 530 g/mol. The Bertz CT molecular complexity index is 1180. The number of carbonyl (C=O) groups excluding carboxylic acids is 2. The molecule has 2 aliphatic heterocycles. The zero-order valence-corrected chi connectivity index (χ0v) is 20.8. The molecule has 0 radical (unpaired) electrons. The van der Waals surface area contributed by atoms with Crippen molar-refractivity contribution in [2.24, 2.45) is 0 Å². The molecule has 2 heterocycles. The van der Waals surface area contributed by atoms with Crippen molar-refractivity contribution in [1.82, 2.24) is 14.7 Å². The fraction of sp³-hybridized carbons (Fsp3) is 0.444. The molecule has 0 spiro atoms. The van der Waals surface area contributed by atoms with Gasteiger partial charge in [-0.1, -0.05) is 12.1 Å². The Balaban J connectivity index is 1.43. The summed E-state index contributed by atoms with van der Waals surface area (Å²) in [7, 11) is 0. The second-order valence-electron chi connectivity index (χ2n) is 9.17. The first kappa shape index (κ1) is 27.4. The zero-order chi connectivity index (χ0) is 27.1. The highest BCUT2D eigenvalue weighted by Gasteiger charge is 2.39. The molecule has 8 nitrogen and oxygen atoms in total. The fourth-order valence-electron chi connectivity index (χ4n) is 4.62. The van der Waals surface area contributed by atoms with Gasteiger partial charge in [-0.05, 0) is 42.8 Å². The summed E-state index contributed by atoms with van der Waals surface area (Å²) in [5.41, 5.74) is -0.493. The number of amides is 2. The molecular weight excluding hydrogens is 501 g/mol. The minimum atomic E-state index is -4.57. The van der Waals surface area contributed by atoms with Crippen molar-refractivity contribution >= 4 is 11.8 Å². The Morgan fingerprint density at radius 1 is 1.05 bits per heavy atom. The molecule has 1 unspecified atom stereocenters. The number of halogens is 3. The minimum Gasteiger partial charge on any atom is -0.494 e. The van der Waals surface area contributed by atoms with Crippen LogP contribution in [-0.2, 0) is 15.7 Å². The molecule has 2 aliphatic rings. The molecule has 0 bridgehead atoms. The van der Waals surface area contributed by atoms with Crippen LogP contribution in [0.3, 0.4) is 0 Å². The predicted molar refractivity (Wildman–Crippen MR) is 131 cm³/mol. The summed E-state index contributed by atoms with van der Waals surface area (Å²) in [4.78, 5) is 31.9.